The van der Waals surface area contributed by atoms with Gasteiger partial charge in [0.25, 0.3) is 0 Å². The Morgan fingerprint density at radius 1 is 0.944 bits per heavy atom. The van der Waals surface area contributed by atoms with Crippen LogP contribution in [0, 0.1) is 17.6 Å². The first-order chi connectivity index (χ1) is 17.2. The van der Waals surface area contributed by atoms with Crippen molar-refractivity contribution in [2.45, 2.75) is 45.4 Å². The molecule has 4 nitrogen and oxygen atoms in total. The zero-order valence-electron chi connectivity index (χ0n) is 20.6. The molecule has 36 heavy (non-hydrogen) atoms. The van der Waals surface area contributed by atoms with Gasteiger partial charge in [-0.2, -0.15) is 0 Å². The molecule has 0 spiro atoms. The Kier molecular flexibility index (Phi) is 10.1. The molecular weight excluding hydrogens is 465 g/mol. The predicted molar refractivity (Wildman–Crippen MR) is 136 cm³/mol. The summed E-state index contributed by atoms with van der Waals surface area (Å²) in [5.41, 5.74) is 4.44. The van der Waals surface area contributed by atoms with Gasteiger partial charge in [-0.1, -0.05) is 55.5 Å². The fourth-order valence-corrected chi connectivity index (χ4v) is 4.30. The van der Waals surface area contributed by atoms with Crippen LogP contribution in [0.1, 0.15) is 30.5 Å². The Morgan fingerprint density at radius 3 is 2.28 bits per heavy atom. The SMILES string of the molecule is CC(=O)N[C@@H](Cc1cc(F)cc(F)c1)[C@H](O)CNCc1cc(CC(C)CF)ccc1-c1ccccc1. The zero-order chi connectivity index (χ0) is 26.1. The molecule has 0 aliphatic rings. The van der Waals surface area contributed by atoms with Crippen LogP contribution in [0.5, 0.6) is 0 Å². The lowest BCUT2D eigenvalue weighted by Gasteiger charge is -2.24. The van der Waals surface area contributed by atoms with Crippen LogP contribution in [0.2, 0.25) is 0 Å². The van der Waals surface area contributed by atoms with E-state index in [2.05, 4.69) is 16.7 Å². The van der Waals surface area contributed by atoms with Crippen LogP contribution in [0.25, 0.3) is 11.1 Å². The van der Waals surface area contributed by atoms with Gasteiger partial charge in [0.1, 0.15) is 11.6 Å². The zero-order valence-corrected chi connectivity index (χ0v) is 20.6. The fraction of sp³-hybridized carbons (Fsp3) is 0.345. The molecule has 3 aromatic carbocycles. The molecule has 0 saturated carbocycles. The third kappa shape index (κ3) is 8.21. The van der Waals surface area contributed by atoms with Gasteiger partial charge >= 0.3 is 0 Å². The van der Waals surface area contributed by atoms with E-state index >= 15 is 0 Å². The summed E-state index contributed by atoms with van der Waals surface area (Å²) in [6, 6.07) is 18.4. The normalized spacial score (nSPS) is 13.7. The highest BCUT2D eigenvalue weighted by Gasteiger charge is 2.21. The van der Waals surface area contributed by atoms with Crippen LogP contribution in [-0.2, 0) is 24.2 Å². The van der Waals surface area contributed by atoms with Crippen molar-refractivity contribution in [3.63, 3.8) is 0 Å². The average Bonchev–Trinajstić information content (AvgIpc) is 2.83. The molecule has 3 N–H and O–H groups in total. The number of carbonyl (C=O) groups excluding carboxylic acids is 1. The maximum Gasteiger partial charge on any atom is 0.217 e. The smallest absolute Gasteiger partial charge is 0.217 e. The van der Waals surface area contributed by atoms with E-state index in [1.54, 1.807) is 0 Å². The van der Waals surface area contributed by atoms with Gasteiger partial charge in [-0.25, -0.2) is 8.78 Å². The molecule has 0 bridgehead atoms. The molecule has 0 aliphatic carbocycles. The molecule has 3 rings (SSSR count). The second-order valence-corrected chi connectivity index (χ2v) is 9.31. The largest absolute Gasteiger partial charge is 0.390 e. The summed E-state index contributed by atoms with van der Waals surface area (Å²) < 4.78 is 40.3. The van der Waals surface area contributed by atoms with E-state index in [0.717, 1.165) is 28.3 Å². The summed E-state index contributed by atoms with van der Waals surface area (Å²) in [7, 11) is 0. The molecule has 0 radical (unpaired) electrons. The van der Waals surface area contributed by atoms with Crippen LogP contribution in [-0.4, -0.2) is 36.4 Å². The quantitative estimate of drug-likeness (QED) is 0.330. The third-order valence-electron chi connectivity index (χ3n) is 6.00. The van der Waals surface area contributed by atoms with E-state index in [0.29, 0.717) is 18.5 Å². The molecule has 192 valence electrons. The van der Waals surface area contributed by atoms with Crippen molar-refractivity contribution in [1.29, 1.82) is 0 Å². The summed E-state index contributed by atoms with van der Waals surface area (Å²) >= 11 is 0. The number of benzene rings is 3. The second kappa shape index (κ2) is 13.2. The maximum absolute atomic E-state index is 13.6. The second-order valence-electron chi connectivity index (χ2n) is 9.31. The van der Waals surface area contributed by atoms with Crippen molar-refractivity contribution in [2.24, 2.45) is 5.92 Å². The van der Waals surface area contributed by atoms with Crippen molar-refractivity contribution in [2.75, 3.05) is 13.2 Å². The minimum atomic E-state index is -1.00. The van der Waals surface area contributed by atoms with E-state index < -0.39 is 23.8 Å². The van der Waals surface area contributed by atoms with E-state index in [4.69, 9.17) is 0 Å². The number of alkyl halides is 1. The van der Waals surface area contributed by atoms with Crippen molar-refractivity contribution in [3.8, 4) is 11.1 Å². The standard InChI is InChI=1S/C29H33F3N2O2/c1-19(16-30)10-21-8-9-27(23-6-4-3-5-7-23)24(11-21)17-33-18-29(36)28(34-20(2)35)14-22-12-25(31)15-26(32)13-22/h3-9,11-13,15,19,28-29,33,36H,10,14,16-18H2,1-2H3,(H,34,35)/t19?,28-,29+/m0/s1. The number of halogens is 3. The van der Waals surface area contributed by atoms with E-state index in [1.807, 2.05) is 49.4 Å². The highest BCUT2D eigenvalue weighted by Crippen LogP contribution is 2.26. The number of rotatable bonds is 12. The number of hydrogen-bond donors (Lipinski definition) is 3. The van der Waals surface area contributed by atoms with Gasteiger partial charge in [-0.05, 0) is 58.7 Å². The van der Waals surface area contributed by atoms with Crippen LogP contribution in [0.4, 0.5) is 13.2 Å². The van der Waals surface area contributed by atoms with Gasteiger partial charge in [0.2, 0.25) is 5.91 Å². The molecular formula is C29H33F3N2O2. The minimum Gasteiger partial charge on any atom is -0.390 e. The molecule has 3 aromatic rings. The molecule has 1 amide bonds. The lowest BCUT2D eigenvalue weighted by atomic mass is 9.94. The monoisotopic (exact) mass is 498 g/mol. The van der Waals surface area contributed by atoms with Crippen molar-refractivity contribution in [1.82, 2.24) is 10.6 Å². The number of aliphatic hydroxyl groups excluding tert-OH is 1. The molecule has 1 unspecified atom stereocenters. The third-order valence-corrected chi connectivity index (χ3v) is 6.00. The van der Waals surface area contributed by atoms with Crippen molar-refractivity contribution < 1.29 is 23.1 Å². The van der Waals surface area contributed by atoms with Gasteiger partial charge in [0, 0.05) is 26.1 Å². The molecule has 3 atom stereocenters. The number of hydrogen-bond acceptors (Lipinski definition) is 3. The van der Waals surface area contributed by atoms with Gasteiger partial charge in [0.05, 0.1) is 18.8 Å². The van der Waals surface area contributed by atoms with Gasteiger partial charge in [-0.3, -0.25) is 9.18 Å². The lowest BCUT2D eigenvalue weighted by molar-refractivity contribution is -0.120. The average molecular weight is 499 g/mol. The van der Waals surface area contributed by atoms with Gasteiger partial charge in [-0.15, -0.1) is 0 Å². The van der Waals surface area contributed by atoms with Crippen molar-refractivity contribution in [3.05, 3.63) is 95.1 Å². The fourth-order valence-electron chi connectivity index (χ4n) is 4.30. The van der Waals surface area contributed by atoms with E-state index in [9.17, 15) is 23.1 Å². The van der Waals surface area contributed by atoms with Crippen LogP contribution >= 0.6 is 0 Å². The summed E-state index contributed by atoms with van der Waals surface area (Å²) in [6.45, 7) is 3.38. The number of amides is 1. The molecule has 7 heteroatoms. The first kappa shape index (κ1) is 27.4. The van der Waals surface area contributed by atoms with Gasteiger partial charge in [0.15, 0.2) is 0 Å². The Labute approximate surface area is 210 Å². The summed E-state index contributed by atoms with van der Waals surface area (Å²) in [5, 5.41) is 16.7. The summed E-state index contributed by atoms with van der Waals surface area (Å²) in [5.74, 6) is -1.86. The van der Waals surface area contributed by atoms with Crippen molar-refractivity contribution >= 4 is 5.91 Å². The predicted octanol–water partition coefficient (Wildman–Crippen LogP) is 4.98. The highest BCUT2D eigenvalue weighted by molar-refractivity contribution is 5.73. The van der Waals surface area contributed by atoms with Crippen LogP contribution in [0.3, 0.4) is 0 Å². The Hall–Kier alpha value is -3.16. The maximum atomic E-state index is 13.6. The summed E-state index contributed by atoms with van der Waals surface area (Å²) in [6.07, 6.45) is -0.311. The number of nitrogens with one attached hydrogen (secondary N) is 2. The van der Waals surface area contributed by atoms with Crippen LogP contribution < -0.4 is 10.6 Å². The Balaban J connectivity index is 1.73. The van der Waals surface area contributed by atoms with E-state index in [1.165, 1.54) is 19.1 Å². The molecule has 0 fully saturated rings. The highest BCUT2D eigenvalue weighted by atomic mass is 19.1. The number of aliphatic hydroxyl groups is 1. The van der Waals surface area contributed by atoms with Gasteiger partial charge < -0.3 is 15.7 Å². The first-order valence-corrected chi connectivity index (χ1v) is 12.1. The van der Waals surface area contributed by atoms with E-state index in [-0.39, 0.29) is 31.5 Å². The van der Waals surface area contributed by atoms with Crippen LogP contribution in [0.15, 0.2) is 66.7 Å². The Bertz CT molecular complexity index is 1120. The minimum absolute atomic E-state index is 0.0724. The Morgan fingerprint density at radius 2 is 1.64 bits per heavy atom. The molecule has 0 heterocycles. The topological polar surface area (TPSA) is 61.4 Å². The first-order valence-electron chi connectivity index (χ1n) is 12.1. The summed E-state index contributed by atoms with van der Waals surface area (Å²) in [4.78, 5) is 11.7. The molecule has 0 saturated heterocycles. The molecule has 0 aromatic heterocycles. The molecule has 0 aliphatic heterocycles. The number of carbonyl (C=O) groups is 1. The lowest BCUT2D eigenvalue weighted by Crippen LogP contribution is -2.48.